The van der Waals surface area contributed by atoms with Crippen LogP contribution in [-0.4, -0.2) is 24.5 Å². The fraction of sp³-hybridized carbons (Fsp3) is 1.00. The van der Waals surface area contributed by atoms with Gasteiger partial charge in [-0.05, 0) is 20.3 Å². The summed E-state index contributed by atoms with van der Waals surface area (Å²) in [5.74, 6) is -0.455. The summed E-state index contributed by atoms with van der Waals surface area (Å²) in [6.07, 6.45) is 2.43. The lowest BCUT2D eigenvalue weighted by Gasteiger charge is -2.40. The first-order valence-corrected chi connectivity index (χ1v) is 4.63. The van der Waals surface area contributed by atoms with E-state index in [1.54, 1.807) is 0 Å². The quantitative estimate of drug-likeness (QED) is 0.684. The normalized spacial score (nSPS) is 35.0. The van der Waals surface area contributed by atoms with Crippen molar-refractivity contribution in [1.29, 1.82) is 0 Å². The molecule has 0 amide bonds. The van der Waals surface area contributed by atoms with E-state index in [1.165, 1.54) is 0 Å². The zero-order chi connectivity index (χ0) is 9.19. The van der Waals surface area contributed by atoms with E-state index in [2.05, 4.69) is 6.92 Å². The number of hydrogen-bond acceptors (Lipinski definition) is 3. The maximum Gasteiger partial charge on any atom is 0.163 e. The van der Waals surface area contributed by atoms with E-state index < -0.39 is 5.79 Å². The van der Waals surface area contributed by atoms with Crippen molar-refractivity contribution >= 4 is 0 Å². The number of nitrogens with two attached hydrogens (primary N) is 1. The lowest BCUT2D eigenvalue weighted by atomic mass is 10.1. The minimum Gasteiger partial charge on any atom is -0.347 e. The van der Waals surface area contributed by atoms with Crippen molar-refractivity contribution in [2.45, 2.75) is 51.6 Å². The highest BCUT2D eigenvalue weighted by atomic mass is 16.7. The van der Waals surface area contributed by atoms with E-state index >= 15 is 0 Å². The molecule has 0 aromatic heterocycles. The highest BCUT2D eigenvalue weighted by molar-refractivity contribution is 4.75. The Hall–Kier alpha value is -0.120. The Labute approximate surface area is 74.2 Å². The van der Waals surface area contributed by atoms with E-state index in [9.17, 15) is 0 Å². The topological polar surface area (TPSA) is 44.5 Å². The lowest BCUT2D eigenvalue weighted by Crippen LogP contribution is -2.46. The smallest absolute Gasteiger partial charge is 0.163 e. The van der Waals surface area contributed by atoms with Crippen LogP contribution in [0.4, 0.5) is 0 Å². The van der Waals surface area contributed by atoms with Crippen molar-refractivity contribution in [1.82, 2.24) is 0 Å². The lowest BCUT2D eigenvalue weighted by molar-refractivity contribution is -0.297. The summed E-state index contributed by atoms with van der Waals surface area (Å²) in [6, 6.07) is 0. The highest BCUT2D eigenvalue weighted by Gasteiger charge is 2.33. The van der Waals surface area contributed by atoms with Crippen molar-refractivity contribution in [3.63, 3.8) is 0 Å². The maximum absolute atomic E-state index is 5.68. The first-order valence-electron chi connectivity index (χ1n) is 4.63. The Bertz CT molecular complexity index is 133. The van der Waals surface area contributed by atoms with Gasteiger partial charge in [0.05, 0.1) is 12.2 Å². The van der Waals surface area contributed by atoms with Gasteiger partial charge in [0, 0.05) is 13.0 Å². The average molecular weight is 173 g/mol. The number of rotatable bonds is 2. The van der Waals surface area contributed by atoms with Gasteiger partial charge in [0.2, 0.25) is 0 Å². The molecule has 0 saturated carbocycles. The van der Waals surface area contributed by atoms with Crippen molar-refractivity contribution in [2.75, 3.05) is 6.54 Å². The van der Waals surface area contributed by atoms with Gasteiger partial charge in [0.1, 0.15) is 0 Å². The Kier molecular flexibility index (Phi) is 3.09. The third-order valence-corrected chi connectivity index (χ3v) is 2.14. The molecule has 0 bridgehead atoms. The Morgan fingerprint density at radius 1 is 1.33 bits per heavy atom. The second-order valence-electron chi connectivity index (χ2n) is 3.76. The summed E-state index contributed by atoms with van der Waals surface area (Å²) in [7, 11) is 0. The fourth-order valence-electron chi connectivity index (χ4n) is 1.61. The van der Waals surface area contributed by atoms with E-state index in [1.807, 2.05) is 13.8 Å². The highest BCUT2D eigenvalue weighted by Crippen LogP contribution is 2.27. The molecule has 2 atom stereocenters. The summed E-state index contributed by atoms with van der Waals surface area (Å²) >= 11 is 0. The molecule has 1 rings (SSSR count). The predicted octanol–water partition coefficient (Wildman–Crippen LogP) is 1.27. The standard InChI is InChI=1S/C9H19NO2/c1-4-7-5-8(6-10)12-9(2,3)11-7/h7-8H,4-6,10H2,1-3H3/t7-,8-/m1/s1. The molecule has 0 aliphatic carbocycles. The van der Waals surface area contributed by atoms with Gasteiger partial charge >= 0.3 is 0 Å². The zero-order valence-electron chi connectivity index (χ0n) is 8.17. The van der Waals surface area contributed by atoms with Crippen molar-refractivity contribution in [3.05, 3.63) is 0 Å². The van der Waals surface area contributed by atoms with Gasteiger partial charge in [-0.25, -0.2) is 0 Å². The van der Waals surface area contributed by atoms with Crippen LogP contribution in [0.25, 0.3) is 0 Å². The molecule has 3 nitrogen and oxygen atoms in total. The molecule has 1 heterocycles. The molecule has 0 spiro atoms. The van der Waals surface area contributed by atoms with Crippen molar-refractivity contribution in [3.8, 4) is 0 Å². The molecule has 1 fully saturated rings. The maximum atomic E-state index is 5.68. The molecular formula is C9H19NO2. The van der Waals surface area contributed by atoms with Crippen molar-refractivity contribution in [2.24, 2.45) is 5.73 Å². The average Bonchev–Trinajstić information content (AvgIpc) is 2.01. The molecule has 1 aliphatic heterocycles. The second-order valence-corrected chi connectivity index (χ2v) is 3.76. The van der Waals surface area contributed by atoms with Crippen LogP contribution in [0.1, 0.15) is 33.6 Å². The second kappa shape index (κ2) is 3.73. The van der Waals surface area contributed by atoms with Gasteiger partial charge in [0.15, 0.2) is 5.79 Å². The van der Waals surface area contributed by atoms with Crippen LogP contribution in [0.3, 0.4) is 0 Å². The van der Waals surface area contributed by atoms with Gasteiger partial charge in [0.25, 0.3) is 0 Å². The molecule has 2 N–H and O–H groups in total. The van der Waals surface area contributed by atoms with E-state index in [0.717, 1.165) is 12.8 Å². The summed E-state index contributed by atoms with van der Waals surface area (Å²) in [5, 5.41) is 0. The Morgan fingerprint density at radius 3 is 2.42 bits per heavy atom. The molecule has 0 aromatic rings. The van der Waals surface area contributed by atoms with Crippen LogP contribution in [0.5, 0.6) is 0 Å². The largest absolute Gasteiger partial charge is 0.347 e. The van der Waals surface area contributed by atoms with Gasteiger partial charge in [-0.2, -0.15) is 0 Å². The van der Waals surface area contributed by atoms with Gasteiger partial charge in [-0.15, -0.1) is 0 Å². The zero-order valence-corrected chi connectivity index (χ0v) is 8.17. The molecule has 0 unspecified atom stereocenters. The summed E-state index contributed by atoms with van der Waals surface area (Å²) in [5.41, 5.74) is 5.56. The first kappa shape index (κ1) is 9.96. The van der Waals surface area contributed by atoms with E-state index in [-0.39, 0.29) is 6.10 Å². The van der Waals surface area contributed by atoms with Crippen LogP contribution in [0, 0.1) is 0 Å². The molecule has 0 radical (unpaired) electrons. The third-order valence-electron chi connectivity index (χ3n) is 2.14. The minimum absolute atomic E-state index is 0.165. The predicted molar refractivity (Wildman–Crippen MR) is 47.8 cm³/mol. The summed E-state index contributed by atoms with van der Waals surface area (Å²) < 4.78 is 11.3. The Morgan fingerprint density at radius 2 is 1.92 bits per heavy atom. The monoisotopic (exact) mass is 173 g/mol. The van der Waals surface area contributed by atoms with E-state index in [0.29, 0.717) is 12.6 Å². The van der Waals surface area contributed by atoms with Crippen molar-refractivity contribution < 1.29 is 9.47 Å². The van der Waals surface area contributed by atoms with Gasteiger partial charge in [-0.3, -0.25) is 0 Å². The number of hydrogen-bond donors (Lipinski definition) is 1. The van der Waals surface area contributed by atoms with Gasteiger partial charge in [-0.1, -0.05) is 6.92 Å². The SMILES string of the molecule is CC[C@@H]1C[C@H](CN)OC(C)(C)O1. The van der Waals surface area contributed by atoms with E-state index in [4.69, 9.17) is 15.2 Å². The minimum atomic E-state index is -0.455. The summed E-state index contributed by atoms with van der Waals surface area (Å²) in [4.78, 5) is 0. The fourth-order valence-corrected chi connectivity index (χ4v) is 1.61. The van der Waals surface area contributed by atoms with Gasteiger partial charge < -0.3 is 15.2 Å². The third kappa shape index (κ3) is 2.44. The molecule has 72 valence electrons. The van der Waals surface area contributed by atoms with Crippen LogP contribution in [0.2, 0.25) is 0 Å². The Balaban J connectivity index is 2.53. The van der Waals surface area contributed by atoms with Crippen LogP contribution < -0.4 is 5.73 Å². The molecule has 3 heteroatoms. The molecular weight excluding hydrogens is 154 g/mol. The molecule has 12 heavy (non-hydrogen) atoms. The molecule has 1 aliphatic rings. The van der Waals surface area contributed by atoms with Crippen LogP contribution in [-0.2, 0) is 9.47 Å². The van der Waals surface area contributed by atoms with Crippen LogP contribution >= 0.6 is 0 Å². The summed E-state index contributed by atoms with van der Waals surface area (Å²) in [6.45, 7) is 6.60. The molecule has 1 saturated heterocycles. The van der Waals surface area contributed by atoms with Crippen LogP contribution in [0.15, 0.2) is 0 Å². The number of ether oxygens (including phenoxy) is 2. The molecule has 0 aromatic carbocycles. The first-order chi connectivity index (χ1) is 5.57.